The van der Waals surface area contributed by atoms with E-state index in [1.54, 1.807) is 12.1 Å². The van der Waals surface area contributed by atoms with Crippen LogP contribution in [0.3, 0.4) is 0 Å². The molecule has 0 unspecified atom stereocenters. The molecule has 0 saturated heterocycles. The largest absolute Gasteiger partial charge is 0.486 e. The number of nitrogens with one attached hydrogen (secondary N) is 1. The van der Waals surface area contributed by atoms with E-state index in [0.29, 0.717) is 18.1 Å². The maximum atomic E-state index is 13.3. The fourth-order valence-corrected chi connectivity index (χ4v) is 5.28. The molecule has 39 heavy (non-hydrogen) atoms. The van der Waals surface area contributed by atoms with Crippen molar-refractivity contribution in [3.63, 3.8) is 0 Å². The lowest BCUT2D eigenvalue weighted by atomic mass is 9.87. The second-order valence-electron chi connectivity index (χ2n) is 10.5. The van der Waals surface area contributed by atoms with Gasteiger partial charge in [0.25, 0.3) is 5.91 Å². The molecule has 0 radical (unpaired) electrons. The number of carbonyl (C=O) groups excluding carboxylic acids is 2. The summed E-state index contributed by atoms with van der Waals surface area (Å²) in [6.07, 6.45) is 2.80. The fraction of sp³-hybridized carbons (Fsp3) is 0.273. The highest BCUT2D eigenvalue weighted by molar-refractivity contribution is 5.91. The number of rotatable bonds is 8. The van der Waals surface area contributed by atoms with Crippen molar-refractivity contribution in [1.29, 1.82) is 0 Å². The van der Waals surface area contributed by atoms with Crippen LogP contribution in [0.4, 0.5) is 0 Å². The van der Waals surface area contributed by atoms with Crippen LogP contribution in [-0.4, -0.2) is 23.3 Å². The standard InChI is InChI=1S/C33H32N2O4/c1-22-6-5-9-26(18-22)31-29-19-27(13-12-24(29)16-17-35(31)33(37)25-10-11-25)38-21-28-14-15-30(39-28)32(36)34-20-23-7-3-2-4-8-23/h2-9,12-15,18-19,25,31H,10-11,16-17,20-21H2,1H3,(H,34,36)/t31-/m1/s1. The second-order valence-corrected chi connectivity index (χ2v) is 10.5. The van der Waals surface area contributed by atoms with Gasteiger partial charge in [-0.25, -0.2) is 0 Å². The monoisotopic (exact) mass is 520 g/mol. The minimum atomic E-state index is -0.264. The SMILES string of the molecule is Cc1cccc([C@@H]2c3cc(OCc4ccc(C(=O)NCc5ccccc5)o4)ccc3CCN2C(=O)C2CC2)c1. The van der Waals surface area contributed by atoms with Crippen LogP contribution in [-0.2, 0) is 24.4 Å². The van der Waals surface area contributed by atoms with Gasteiger partial charge in [-0.1, -0.05) is 66.2 Å². The number of benzene rings is 3. The Morgan fingerprint density at radius 2 is 1.82 bits per heavy atom. The van der Waals surface area contributed by atoms with E-state index in [0.717, 1.165) is 42.5 Å². The van der Waals surface area contributed by atoms with Gasteiger partial charge in [0, 0.05) is 19.0 Å². The molecule has 3 aromatic carbocycles. The minimum Gasteiger partial charge on any atom is -0.486 e. The summed E-state index contributed by atoms with van der Waals surface area (Å²) in [6, 6.07) is 27.6. The summed E-state index contributed by atoms with van der Waals surface area (Å²) in [5.41, 5.74) is 5.67. The Morgan fingerprint density at radius 1 is 0.974 bits per heavy atom. The summed E-state index contributed by atoms with van der Waals surface area (Å²) in [6.45, 7) is 3.44. The first kappa shape index (κ1) is 25.0. The first-order valence-electron chi connectivity index (χ1n) is 13.6. The predicted molar refractivity (Wildman–Crippen MR) is 148 cm³/mol. The highest BCUT2D eigenvalue weighted by atomic mass is 16.5. The van der Waals surface area contributed by atoms with E-state index in [2.05, 4.69) is 53.5 Å². The number of amides is 2. The van der Waals surface area contributed by atoms with Crippen LogP contribution in [0.1, 0.15) is 63.0 Å². The molecule has 1 N–H and O–H groups in total. The topological polar surface area (TPSA) is 71.8 Å². The molecule has 6 nitrogen and oxygen atoms in total. The molecule has 198 valence electrons. The molecule has 1 saturated carbocycles. The molecule has 6 rings (SSSR count). The van der Waals surface area contributed by atoms with Crippen molar-refractivity contribution in [3.8, 4) is 5.75 Å². The van der Waals surface area contributed by atoms with E-state index in [9.17, 15) is 9.59 Å². The normalized spacial score (nSPS) is 16.4. The van der Waals surface area contributed by atoms with E-state index in [1.165, 1.54) is 11.1 Å². The zero-order valence-corrected chi connectivity index (χ0v) is 22.1. The summed E-state index contributed by atoms with van der Waals surface area (Å²) in [7, 11) is 0. The average Bonchev–Trinajstić information content (AvgIpc) is 3.71. The maximum absolute atomic E-state index is 13.3. The first-order chi connectivity index (χ1) is 19.0. The van der Waals surface area contributed by atoms with E-state index in [4.69, 9.17) is 9.15 Å². The molecule has 1 aliphatic heterocycles. The number of ether oxygens (including phenoxy) is 1. The molecular weight excluding hydrogens is 488 g/mol. The van der Waals surface area contributed by atoms with Gasteiger partial charge < -0.3 is 19.4 Å². The summed E-state index contributed by atoms with van der Waals surface area (Å²) in [5, 5.41) is 2.88. The molecule has 1 atom stereocenters. The number of hydrogen-bond acceptors (Lipinski definition) is 4. The maximum Gasteiger partial charge on any atom is 0.287 e. The molecule has 2 amide bonds. The Morgan fingerprint density at radius 3 is 2.62 bits per heavy atom. The molecule has 1 fully saturated rings. The zero-order chi connectivity index (χ0) is 26.8. The Balaban J connectivity index is 1.17. The number of nitrogens with zero attached hydrogens (tertiary/aromatic N) is 1. The van der Waals surface area contributed by atoms with Crippen molar-refractivity contribution in [2.45, 2.75) is 45.4 Å². The van der Waals surface area contributed by atoms with E-state index >= 15 is 0 Å². The van der Waals surface area contributed by atoms with Gasteiger partial charge in [0.1, 0.15) is 18.1 Å². The van der Waals surface area contributed by atoms with Gasteiger partial charge >= 0.3 is 0 Å². The van der Waals surface area contributed by atoms with Crippen LogP contribution in [0, 0.1) is 12.8 Å². The lowest BCUT2D eigenvalue weighted by Gasteiger charge is -2.38. The third-order valence-corrected chi connectivity index (χ3v) is 7.48. The quantitative estimate of drug-likeness (QED) is 0.310. The van der Waals surface area contributed by atoms with Crippen LogP contribution >= 0.6 is 0 Å². The fourth-order valence-electron chi connectivity index (χ4n) is 5.28. The lowest BCUT2D eigenvalue weighted by Crippen LogP contribution is -2.41. The smallest absolute Gasteiger partial charge is 0.287 e. The molecule has 1 aliphatic carbocycles. The van der Waals surface area contributed by atoms with Crippen molar-refractivity contribution in [1.82, 2.24) is 10.2 Å². The third-order valence-electron chi connectivity index (χ3n) is 7.48. The Bertz CT molecular complexity index is 1490. The van der Waals surface area contributed by atoms with E-state index < -0.39 is 0 Å². The Kier molecular flexibility index (Phi) is 6.93. The Hall–Kier alpha value is -4.32. The van der Waals surface area contributed by atoms with Crippen molar-refractivity contribution in [2.24, 2.45) is 5.92 Å². The minimum absolute atomic E-state index is 0.131. The predicted octanol–water partition coefficient (Wildman–Crippen LogP) is 5.98. The summed E-state index contributed by atoms with van der Waals surface area (Å²) < 4.78 is 11.9. The van der Waals surface area contributed by atoms with Crippen molar-refractivity contribution < 1.29 is 18.7 Å². The first-order valence-corrected chi connectivity index (χ1v) is 13.6. The molecular formula is C33H32N2O4. The van der Waals surface area contributed by atoms with E-state index in [-0.39, 0.29) is 36.1 Å². The second kappa shape index (κ2) is 10.8. The molecule has 4 aromatic rings. The van der Waals surface area contributed by atoms with Gasteiger partial charge in [-0.2, -0.15) is 0 Å². The van der Waals surface area contributed by atoms with Gasteiger partial charge in [-0.15, -0.1) is 0 Å². The molecule has 2 heterocycles. The number of furan rings is 1. The van der Waals surface area contributed by atoms with Crippen LogP contribution in [0.15, 0.2) is 89.3 Å². The number of aryl methyl sites for hydroxylation is 1. The summed E-state index contributed by atoms with van der Waals surface area (Å²) in [4.78, 5) is 27.9. The van der Waals surface area contributed by atoms with Crippen molar-refractivity contribution in [3.05, 3.63) is 124 Å². The zero-order valence-electron chi connectivity index (χ0n) is 22.1. The highest BCUT2D eigenvalue weighted by Gasteiger charge is 2.39. The van der Waals surface area contributed by atoms with Gasteiger partial charge in [0.2, 0.25) is 5.91 Å². The summed E-state index contributed by atoms with van der Waals surface area (Å²) >= 11 is 0. The lowest BCUT2D eigenvalue weighted by molar-refractivity contribution is -0.134. The molecule has 6 heteroatoms. The van der Waals surface area contributed by atoms with Crippen LogP contribution in [0.5, 0.6) is 5.75 Å². The number of carbonyl (C=O) groups is 2. The number of hydrogen-bond donors (Lipinski definition) is 1. The number of fused-ring (bicyclic) bond motifs is 1. The van der Waals surface area contributed by atoms with Crippen LogP contribution in [0.2, 0.25) is 0 Å². The van der Waals surface area contributed by atoms with Crippen LogP contribution in [0.25, 0.3) is 0 Å². The van der Waals surface area contributed by atoms with Gasteiger partial charge in [-0.05, 0) is 72.7 Å². The highest BCUT2D eigenvalue weighted by Crippen LogP contribution is 2.41. The molecule has 1 aromatic heterocycles. The average molecular weight is 521 g/mol. The molecule has 0 spiro atoms. The van der Waals surface area contributed by atoms with E-state index in [1.807, 2.05) is 36.4 Å². The van der Waals surface area contributed by atoms with Gasteiger partial charge in [-0.3, -0.25) is 9.59 Å². The van der Waals surface area contributed by atoms with Gasteiger partial charge in [0.15, 0.2) is 5.76 Å². The van der Waals surface area contributed by atoms with Crippen LogP contribution < -0.4 is 10.1 Å². The van der Waals surface area contributed by atoms with Crippen molar-refractivity contribution in [2.75, 3.05) is 6.54 Å². The summed E-state index contributed by atoms with van der Waals surface area (Å²) in [5.74, 6) is 1.68. The third kappa shape index (κ3) is 5.60. The van der Waals surface area contributed by atoms with Crippen molar-refractivity contribution >= 4 is 11.8 Å². The van der Waals surface area contributed by atoms with Gasteiger partial charge in [0.05, 0.1) is 6.04 Å². The Labute approximate surface area is 228 Å². The molecule has 2 aliphatic rings. The molecule has 0 bridgehead atoms.